The molecule has 0 aliphatic carbocycles. The molecule has 0 saturated carbocycles. The number of amides is 1. The molecule has 1 rings (SSSR count). The summed E-state index contributed by atoms with van der Waals surface area (Å²) in [6.45, 7) is -0.140. The molecular formula is C11H10BrClFNO3. The second-order valence-electron chi connectivity index (χ2n) is 3.30. The molecule has 0 saturated heterocycles. The zero-order valence-electron chi connectivity index (χ0n) is 9.38. The maximum atomic E-state index is 13.6. The Labute approximate surface area is 117 Å². The minimum Gasteiger partial charge on any atom is -0.468 e. The Hall–Kier alpha value is -1.14. The van der Waals surface area contributed by atoms with Gasteiger partial charge in [-0.05, 0) is 28.1 Å². The summed E-state index contributed by atoms with van der Waals surface area (Å²) in [6, 6.07) is 4.34. The first-order valence-corrected chi connectivity index (χ1v) is 6.14. The number of hydrogen-bond donors (Lipinski definition) is 1. The first-order chi connectivity index (χ1) is 8.47. The van der Waals surface area contributed by atoms with Gasteiger partial charge < -0.3 is 10.1 Å². The first-order valence-electron chi connectivity index (χ1n) is 4.91. The van der Waals surface area contributed by atoms with E-state index in [0.717, 1.165) is 0 Å². The highest BCUT2D eigenvalue weighted by molar-refractivity contribution is 9.10. The van der Waals surface area contributed by atoms with E-state index in [1.807, 2.05) is 0 Å². The summed E-state index contributed by atoms with van der Waals surface area (Å²) in [4.78, 5) is 22.6. The maximum Gasteiger partial charge on any atom is 0.325 e. The zero-order valence-corrected chi connectivity index (χ0v) is 11.7. The summed E-state index contributed by atoms with van der Waals surface area (Å²) in [7, 11) is 1.19. The van der Waals surface area contributed by atoms with Crippen LogP contribution in [0.4, 0.5) is 4.39 Å². The highest BCUT2D eigenvalue weighted by atomic mass is 79.9. The summed E-state index contributed by atoms with van der Waals surface area (Å²) in [5.41, 5.74) is -0.127. The van der Waals surface area contributed by atoms with Crippen molar-refractivity contribution in [3.63, 3.8) is 0 Å². The van der Waals surface area contributed by atoms with Crippen LogP contribution in [0.25, 0.3) is 0 Å². The number of benzene rings is 1. The number of halogens is 3. The molecule has 0 heterocycles. The van der Waals surface area contributed by atoms with Crippen LogP contribution in [-0.2, 0) is 9.53 Å². The van der Waals surface area contributed by atoms with Crippen LogP contribution in [0.3, 0.4) is 0 Å². The molecule has 1 N–H and O–H groups in total. The van der Waals surface area contributed by atoms with E-state index in [9.17, 15) is 14.0 Å². The predicted octanol–water partition coefficient (Wildman–Crippen LogP) is 2.10. The largest absolute Gasteiger partial charge is 0.468 e. The third-order valence-electron chi connectivity index (χ3n) is 2.09. The minimum absolute atomic E-state index is 0.127. The van der Waals surface area contributed by atoms with Crippen molar-refractivity contribution in [2.24, 2.45) is 0 Å². The van der Waals surface area contributed by atoms with Crippen LogP contribution < -0.4 is 5.32 Å². The lowest BCUT2D eigenvalue weighted by atomic mass is 10.2. The Morgan fingerprint density at radius 1 is 1.56 bits per heavy atom. The minimum atomic E-state index is -1.01. The van der Waals surface area contributed by atoms with E-state index in [1.165, 1.54) is 25.3 Å². The lowest BCUT2D eigenvalue weighted by Crippen LogP contribution is -2.34. The van der Waals surface area contributed by atoms with Crippen LogP contribution in [0.5, 0.6) is 0 Å². The van der Waals surface area contributed by atoms with Gasteiger partial charge >= 0.3 is 5.97 Å². The standard InChI is InChI=1S/C11H10BrClFNO3/c1-18-11(17)8(13)5-15-10(16)6-3-2-4-7(12)9(6)14/h2-4,8H,5H2,1H3,(H,15,16). The normalized spacial score (nSPS) is 11.8. The van der Waals surface area contributed by atoms with Crippen molar-refractivity contribution in [3.05, 3.63) is 34.1 Å². The molecule has 1 atom stereocenters. The molecule has 18 heavy (non-hydrogen) atoms. The van der Waals surface area contributed by atoms with Crippen LogP contribution in [-0.4, -0.2) is 30.9 Å². The van der Waals surface area contributed by atoms with Gasteiger partial charge in [-0.2, -0.15) is 0 Å². The molecule has 7 heteroatoms. The van der Waals surface area contributed by atoms with Crippen LogP contribution in [0.2, 0.25) is 0 Å². The Bertz CT molecular complexity index is 470. The number of rotatable bonds is 4. The molecule has 1 amide bonds. The molecule has 0 radical (unpaired) electrons. The molecule has 1 aromatic carbocycles. The van der Waals surface area contributed by atoms with E-state index >= 15 is 0 Å². The molecule has 0 aromatic heterocycles. The predicted molar refractivity (Wildman–Crippen MR) is 68.1 cm³/mol. The zero-order chi connectivity index (χ0) is 13.7. The molecule has 1 aromatic rings. The van der Waals surface area contributed by atoms with E-state index in [4.69, 9.17) is 11.6 Å². The van der Waals surface area contributed by atoms with E-state index in [2.05, 4.69) is 26.0 Å². The molecule has 0 spiro atoms. The Balaban J connectivity index is 2.66. The van der Waals surface area contributed by atoms with Crippen molar-refractivity contribution < 1.29 is 18.7 Å². The third-order valence-corrected chi connectivity index (χ3v) is 3.04. The van der Waals surface area contributed by atoms with Crippen molar-refractivity contribution in [3.8, 4) is 0 Å². The fraction of sp³-hybridized carbons (Fsp3) is 0.273. The number of methoxy groups -OCH3 is 1. The van der Waals surface area contributed by atoms with Gasteiger partial charge in [0.2, 0.25) is 0 Å². The van der Waals surface area contributed by atoms with Gasteiger partial charge in [-0.1, -0.05) is 6.07 Å². The number of alkyl halides is 1. The number of carbonyl (C=O) groups is 2. The van der Waals surface area contributed by atoms with E-state index in [0.29, 0.717) is 0 Å². The van der Waals surface area contributed by atoms with Crippen molar-refractivity contribution in [1.29, 1.82) is 0 Å². The number of ether oxygens (including phenoxy) is 1. The van der Waals surface area contributed by atoms with Crippen LogP contribution in [0.15, 0.2) is 22.7 Å². The molecule has 4 nitrogen and oxygen atoms in total. The van der Waals surface area contributed by atoms with Gasteiger partial charge in [0, 0.05) is 6.54 Å². The van der Waals surface area contributed by atoms with Crippen molar-refractivity contribution in [2.45, 2.75) is 5.38 Å². The number of nitrogens with one attached hydrogen (secondary N) is 1. The topological polar surface area (TPSA) is 55.4 Å². The highest BCUT2D eigenvalue weighted by Crippen LogP contribution is 2.18. The smallest absolute Gasteiger partial charge is 0.325 e. The van der Waals surface area contributed by atoms with Crippen LogP contribution >= 0.6 is 27.5 Å². The van der Waals surface area contributed by atoms with Gasteiger partial charge in [0.25, 0.3) is 5.91 Å². The Kier molecular flexibility index (Phi) is 5.55. The van der Waals surface area contributed by atoms with Crippen LogP contribution in [0, 0.1) is 5.82 Å². The lowest BCUT2D eigenvalue weighted by molar-refractivity contribution is -0.140. The first kappa shape index (κ1) is 14.9. The van der Waals surface area contributed by atoms with E-state index in [-0.39, 0.29) is 16.6 Å². The quantitative estimate of drug-likeness (QED) is 0.676. The molecule has 1 unspecified atom stereocenters. The summed E-state index contributed by atoms with van der Waals surface area (Å²) >= 11 is 8.62. The van der Waals surface area contributed by atoms with E-state index < -0.39 is 23.1 Å². The van der Waals surface area contributed by atoms with Crippen molar-refractivity contribution in [1.82, 2.24) is 5.32 Å². The molecule has 0 aliphatic rings. The van der Waals surface area contributed by atoms with Gasteiger partial charge in [-0.15, -0.1) is 11.6 Å². The fourth-order valence-electron chi connectivity index (χ4n) is 1.17. The SMILES string of the molecule is COC(=O)C(Cl)CNC(=O)c1cccc(Br)c1F. The molecule has 98 valence electrons. The van der Waals surface area contributed by atoms with Gasteiger partial charge in [-0.3, -0.25) is 9.59 Å². The number of hydrogen-bond acceptors (Lipinski definition) is 3. The van der Waals surface area contributed by atoms with Crippen molar-refractivity contribution in [2.75, 3.05) is 13.7 Å². The highest BCUT2D eigenvalue weighted by Gasteiger charge is 2.19. The number of carbonyl (C=O) groups excluding carboxylic acids is 2. The Morgan fingerprint density at radius 3 is 2.83 bits per heavy atom. The summed E-state index contributed by atoms with van der Waals surface area (Å²) in [5, 5.41) is 1.34. The van der Waals surface area contributed by atoms with Crippen molar-refractivity contribution >= 4 is 39.4 Å². The average molecular weight is 339 g/mol. The van der Waals surface area contributed by atoms with Gasteiger partial charge in [0.05, 0.1) is 17.1 Å². The lowest BCUT2D eigenvalue weighted by Gasteiger charge is -2.09. The van der Waals surface area contributed by atoms with Gasteiger partial charge in [0.15, 0.2) is 0 Å². The summed E-state index contributed by atoms with van der Waals surface area (Å²) in [5.74, 6) is -1.98. The third kappa shape index (κ3) is 3.68. The average Bonchev–Trinajstić information content (AvgIpc) is 2.37. The molecular weight excluding hydrogens is 328 g/mol. The molecule has 0 bridgehead atoms. The van der Waals surface area contributed by atoms with Gasteiger partial charge in [0.1, 0.15) is 11.2 Å². The summed E-state index contributed by atoms with van der Waals surface area (Å²) in [6.07, 6.45) is 0. The monoisotopic (exact) mass is 337 g/mol. The molecule has 0 aliphatic heterocycles. The van der Waals surface area contributed by atoms with E-state index in [1.54, 1.807) is 0 Å². The second kappa shape index (κ2) is 6.70. The second-order valence-corrected chi connectivity index (χ2v) is 4.68. The Morgan fingerprint density at radius 2 is 2.22 bits per heavy atom. The fourth-order valence-corrected chi connectivity index (χ4v) is 1.70. The van der Waals surface area contributed by atoms with Gasteiger partial charge in [-0.25, -0.2) is 4.39 Å². The molecule has 0 fully saturated rings. The number of esters is 1. The van der Waals surface area contributed by atoms with Crippen LogP contribution in [0.1, 0.15) is 10.4 Å². The summed E-state index contributed by atoms with van der Waals surface area (Å²) < 4.78 is 18.1. The maximum absolute atomic E-state index is 13.6.